The fourth-order valence-corrected chi connectivity index (χ4v) is 2.73. The Morgan fingerprint density at radius 1 is 0.931 bits per heavy atom. The molecule has 0 saturated heterocycles. The molecule has 0 heterocycles. The van der Waals surface area contributed by atoms with E-state index in [4.69, 9.17) is 14.2 Å². The van der Waals surface area contributed by atoms with Gasteiger partial charge in [-0.1, -0.05) is 26.0 Å². The number of benzene rings is 2. The van der Waals surface area contributed by atoms with E-state index in [0.717, 1.165) is 11.1 Å². The van der Waals surface area contributed by atoms with Gasteiger partial charge < -0.3 is 24.8 Å². The molecule has 0 aliphatic carbocycles. The van der Waals surface area contributed by atoms with Gasteiger partial charge in [0.2, 0.25) is 17.6 Å². The Balaban J connectivity index is 2.01. The van der Waals surface area contributed by atoms with Crippen LogP contribution < -0.4 is 24.8 Å². The minimum Gasteiger partial charge on any atom is -0.493 e. The van der Waals surface area contributed by atoms with Crippen LogP contribution in [-0.2, 0) is 22.6 Å². The van der Waals surface area contributed by atoms with Crippen molar-refractivity contribution in [2.24, 2.45) is 5.92 Å². The normalized spacial score (nSPS) is 10.4. The van der Waals surface area contributed by atoms with E-state index in [1.54, 1.807) is 12.1 Å². The second-order valence-electron chi connectivity index (χ2n) is 6.83. The summed E-state index contributed by atoms with van der Waals surface area (Å²) in [5, 5.41) is 5.74. The summed E-state index contributed by atoms with van der Waals surface area (Å²) < 4.78 is 15.9. The third-order valence-electron chi connectivity index (χ3n) is 4.30. The van der Waals surface area contributed by atoms with Gasteiger partial charge in [-0.3, -0.25) is 9.59 Å². The van der Waals surface area contributed by atoms with Crippen LogP contribution in [0.3, 0.4) is 0 Å². The molecule has 0 unspecified atom stereocenters. The smallest absolute Gasteiger partial charge is 0.226 e. The zero-order valence-corrected chi connectivity index (χ0v) is 17.5. The van der Waals surface area contributed by atoms with Crippen LogP contribution in [0.1, 0.15) is 25.0 Å². The lowest BCUT2D eigenvalue weighted by Gasteiger charge is -2.14. The maximum Gasteiger partial charge on any atom is 0.226 e. The zero-order valence-electron chi connectivity index (χ0n) is 17.5. The Hall–Kier alpha value is -3.22. The van der Waals surface area contributed by atoms with Crippen molar-refractivity contribution in [2.75, 3.05) is 26.6 Å². The van der Waals surface area contributed by atoms with E-state index in [0.29, 0.717) is 29.5 Å². The standard InChI is InChI=1S/C22H28N2O5/c1-14(2)22(26)24-17-8-6-7-15(9-17)13-23-20(25)12-16-10-18(27-3)21(29-5)19(11-16)28-4/h6-11,14H,12-13H2,1-5H3,(H,23,25)(H,24,26). The lowest BCUT2D eigenvalue weighted by atomic mass is 10.1. The number of nitrogens with one attached hydrogen (secondary N) is 2. The van der Waals surface area contributed by atoms with E-state index in [1.807, 2.05) is 38.1 Å². The molecular weight excluding hydrogens is 372 g/mol. The number of carbonyl (C=O) groups excluding carboxylic acids is 2. The highest BCUT2D eigenvalue weighted by Crippen LogP contribution is 2.38. The van der Waals surface area contributed by atoms with Crippen LogP contribution in [0.2, 0.25) is 0 Å². The lowest BCUT2D eigenvalue weighted by Crippen LogP contribution is -2.24. The fourth-order valence-electron chi connectivity index (χ4n) is 2.73. The number of rotatable bonds is 9. The van der Waals surface area contributed by atoms with Crippen molar-refractivity contribution in [3.63, 3.8) is 0 Å². The van der Waals surface area contributed by atoms with Crippen molar-refractivity contribution in [1.82, 2.24) is 5.32 Å². The monoisotopic (exact) mass is 400 g/mol. The first-order chi connectivity index (χ1) is 13.9. The van der Waals surface area contributed by atoms with Crippen LogP contribution in [0.4, 0.5) is 5.69 Å². The van der Waals surface area contributed by atoms with E-state index >= 15 is 0 Å². The molecule has 29 heavy (non-hydrogen) atoms. The van der Waals surface area contributed by atoms with Gasteiger partial charge in [0.1, 0.15) is 0 Å². The van der Waals surface area contributed by atoms with Gasteiger partial charge in [0.25, 0.3) is 0 Å². The van der Waals surface area contributed by atoms with Gasteiger partial charge in [-0.05, 0) is 35.4 Å². The number of hydrogen-bond donors (Lipinski definition) is 2. The minimum atomic E-state index is -0.143. The quantitative estimate of drug-likeness (QED) is 0.675. The van der Waals surface area contributed by atoms with E-state index in [9.17, 15) is 9.59 Å². The van der Waals surface area contributed by atoms with Crippen LogP contribution in [0.15, 0.2) is 36.4 Å². The molecule has 2 aromatic rings. The highest BCUT2D eigenvalue weighted by molar-refractivity contribution is 5.92. The Morgan fingerprint density at radius 2 is 1.59 bits per heavy atom. The molecule has 7 nitrogen and oxygen atoms in total. The number of anilines is 1. The molecule has 0 aromatic heterocycles. The molecular formula is C22H28N2O5. The van der Waals surface area contributed by atoms with Crippen molar-refractivity contribution >= 4 is 17.5 Å². The summed E-state index contributed by atoms with van der Waals surface area (Å²) in [6.45, 7) is 4.03. The van der Waals surface area contributed by atoms with E-state index in [-0.39, 0.29) is 24.2 Å². The summed E-state index contributed by atoms with van der Waals surface area (Å²) in [5.41, 5.74) is 2.35. The zero-order chi connectivity index (χ0) is 21.4. The largest absolute Gasteiger partial charge is 0.493 e. The molecule has 7 heteroatoms. The maximum absolute atomic E-state index is 12.4. The summed E-state index contributed by atoms with van der Waals surface area (Å²) in [6, 6.07) is 10.9. The number of carbonyl (C=O) groups is 2. The van der Waals surface area contributed by atoms with Crippen molar-refractivity contribution in [2.45, 2.75) is 26.8 Å². The highest BCUT2D eigenvalue weighted by Gasteiger charge is 2.15. The molecule has 0 radical (unpaired) electrons. The van der Waals surface area contributed by atoms with Gasteiger partial charge in [0.15, 0.2) is 11.5 Å². The predicted molar refractivity (Wildman–Crippen MR) is 112 cm³/mol. The fraction of sp³-hybridized carbons (Fsp3) is 0.364. The molecule has 0 bridgehead atoms. The van der Waals surface area contributed by atoms with Gasteiger partial charge in [0.05, 0.1) is 27.8 Å². The Kier molecular flexibility index (Phi) is 7.88. The van der Waals surface area contributed by atoms with Crippen molar-refractivity contribution in [3.8, 4) is 17.2 Å². The third kappa shape index (κ3) is 6.14. The summed E-state index contributed by atoms with van der Waals surface area (Å²) in [5.74, 6) is 1.20. The molecule has 156 valence electrons. The number of ether oxygens (including phenoxy) is 3. The van der Waals surface area contributed by atoms with E-state index in [2.05, 4.69) is 10.6 Å². The molecule has 0 aliphatic heterocycles. The third-order valence-corrected chi connectivity index (χ3v) is 4.30. The topological polar surface area (TPSA) is 85.9 Å². The van der Waals surface area contributed by atoms with Crippen molar-refractivity contribution < 1.29 is 23.8 Å². The first-order valence-electron chi connectivity index (χ1n) is 9.33. The highest BCUT2D eigenvalue weighted by atomic mass is 16.5. The van der Waals surface area contributed by atoms with E-state index in [1.165, 1.54) is 21.3 Å². The van der Waals surface area contributed by atoms with Gasteiger partial charge in [-0.15, -0.1) is 0 Å². The molecule has 0 spiro atoms. The number of amides is 2. The summed E-state index contributed by atoms with van der Waals surface area (Å²) in [4.78, 5) is 24.2. The first-order valence-corrected chi connectivity index (χ1v) is 9.33. The van der Waals surface area contributed by atoms with Gasteiger partial charge in [0, 0.05) is 18.2 Å². The molecule has 2 amide bonds. The summed E-state index contributed by atoms with van der Waals surface area (Å²) >= 11 is 0. The number of methoxy groups -OCH3 is 3. The Labute approximate surface area is 171 Å². The van der Waals surface area contributed by atoms with Gasteiger partial charge in [-0.2, -0.15) is 0 Å². The minimum absolute atomic E-state index is 0.0476. The molecule has 2 rings (SSSR count). The second-order valence-corrected chi connectivity index (χ2v) is 6.83. The van der Waals surface area contributed by atoms with Crippen LogP contribution >= 0.6 is 0 Å². The van der Waals surface area contributed by atoms with Gasteiger partial charge >= 0.3 is 0 Å². The second kappa shape index (κ2) is 10.4. The Bertz CT molecular complexity index is 839. The summed E-state index contributed by atoms with van der Waals surface area (Å²) in [7, 11) is 4.60. The Morgan fingerprint density at radius 3 is 2.14 bits per heavy atom. The molecule has 0 aliphatic rings. The van der Waals surface area contributed by atoms with Crippen LogP contribution in [-0.4, -0.2) is 33.1 Å². The van der Waals surface area contributed by atoms with Gasteiger partial charge in [-0.25, -0.2) is 0 Å². The molecule has 2 aromatic carbocycles. The molecule has 2 N–H and O–H groups in total. The first kappa shape index (κ1) is 22.1. The SMILES string of the molecule is COc1cc(CC(=O)NCc2cccc(NC(=O)C(C)C)c2)cc(OC)c1OC. The molecule has 0 fully saturated rings. The molecule has 0 atom stereocenters. The van der Waals surface area contributed by atoms with Crippen LogP contribution in [0.25, 0.3) is 0 Å². The number of hydrogen-bond acceptors (Lipinski definition) is 5. The van der Waals surface area contributed by atoms with Crippen LogP contribution in [0.5, 0.6) is 17.2 Å². The predicted octanol–water partition coefficient (Wildman–Crippen LogP) is 3.17. The molecule has 0 saturated carbocycles. The lowest BCUT2D eigenvalue weighted by molar-refractivity contribution is -0.120. The van der Waals surface area contributed by atoms with E-state index < -0.39 is 0 Å². The maximum atomic E-state index is 12.4. The average molecular weight is 400 g/mol. The average Bonchev–Trinajstić information content (AvgIpc) is 2.71. The van der Waals surface area contributed by atoms with Crippen LogP contribution in [0, 0.1) is 5.92 Å². The van der Waals surface area contributed by atoms with Crippen molar-refractivity contribution in [3.05, 3.63) is 47.5 Å². The van der Waals surface area contributed by atoms with Crippen molar-refractivity contribution in [1.29, 1.82) is 0 Å². The summed E-state index contributed by atoms with van der Waals surface area (Å²) in [6.07, 6.45) is 0.167.